The number of anilines is 2. The van der Waals surface area contributed by atoms with Crippen molar-refractivity contribution in [3.05, 3.63) is 100 Å². The van der Waals surface area contributed by atoms with Gasteiger partial charge < -0.3 is 21.7 Å². The molecule has 0 fully saturated rings. The summed E-state index contributed by atoms with van der Waals surface area (Å²) in [6, 6.07) is 16.5. The minimum absolute atomic E-state index is 0.352. The molecule has 37 heavy (non-hydrogen) atoms. The minimum atomic E-state index is -0.957. The quantitative estimate of drug-likeness (QED) is 0.267. The molecule has 1 amide bonds. The van der Waals surface area contributed by atoms with E-state index in [0.29, 0.717) is 36.0 Å². The van der Waals surface area contributed by atoms with Gasteiger partial charge in [0.2, 0.25) is 0 Å². The summed E-state index contributed by atoms with van der Waals surface area (Å²) in [5.74, 6) is -1.31. The average molecular weight is 519 g/mol. The monoisotopic (exact) mass is 518 g/mol. The number of rotatable bonds is 7. The number of benzene rings is 2. The van der Waals surface area contributed by atoms with E-state index in [-0.39, 0.29) is 5.91 Å². The van der Waals surface area contributed by atoms with Gasteiger partial charge in [-0.3, -0.25) is 4.79 Å². The first-order valence-corrected chi connectivity index (χ1v) is 12.4. The van der Waals surface area contributed by atoms with E-state index in [4.69, 9.17) is 5.73 Å². The summed E-state index contributed by atoms with van der Waals surface area (Å²) < 4.78 is 26.9. The summed E-state index contributed by atoms with van der Waals surface area (Å²) in [5.41, 5.74) is 9.77. The van der Waals surface area contributed by atoms with Crippen LogP contribution in [0, 0.1) is 11.6 Å². The molecule has 0 bridgehead atoms. The van der Waals surface area contributed by atoms with Gasteiger partial charge in [0.1, 0.15) is 18.3 Å². The Kier molecular flexibility index (Phi) is 6.82. The van der Waals surface area contributed by atoms with Crippen molar-refractivity contribution >= 4 is 34.6 Å². The molecule has 1 aliphatic heterocycles. The van der Waals surface area contributed by atoms with Crippen LogP contribution in [0.2, 0.25) is 0 Å². The van der Waals surface area contributed by atoms with Gasteiger partial charge in [-0.15, -0.1) is 11.3 Å². The summed E-state index contributed by atoms with van der Waals surface area (Å²) in [4.78, 5) is 23.7. The standard InChI is InChI=1S/C27H24F2N6OS/c1-15(16-4-7-21(28)22(29)12-16)35-27(36)19-3-2-10-31-26(19)32-13-18-6-9-24(37-18)17-5-8-23-20(11-17)25(30)34-14-33-23/h2-12,15,33H,13-14H2,1H3,(H2,30,34)(H,31,32)(H,35,36). The first-order chi connectivity index (χ1) is 17.9. The van der Waals surface area contributed by atoms with Crippen molar-refractivity contribution in [3.63, 3.8) is 0 Å². The number of nitrogens with two attached hydrogens (primary N) is 1. The van der Waals surface area contributed by atoms with Crippen molar-refractivity contribution in [1.29, 1.82) is 0 Å². The number of fused-ring (bicyclic) bond motifs is 1. The molecule has 188 valence electrons. The second kappa shape index (κ2) is 10.4. The Labute approximate surface area is 216 Å². The second-order valence-electron chi connectivity index (χ2n) is 8.53. The molecular weight excluding hydrogens is 494 g/mol. The lowest BCUT2D eigenvalue weighted by atomic mass is 10.1. The van der Waals surface area contributed by atoms with E-state index in [2.05, 4.69) is 25.9 Å². The van der Waals surface area contributed by atoms with Crippen molar-refractivity contribution in [1.82, 2.24) is 10.3 Å². The van der Waals surface area contributed by atoms with E-state index in [1.54, 1.807) is 36.6 Å². The van der Waals surface area contributed by atoms with Crippen molar-refractivity contribution in [3.8, 4) is 10.4 Å². The predicted octanol–water partition coefficient (Wildman–Crippen LogP) is 5.28. The Hall–Kier alpha value is -4.31. The van der Waals surface area contributed by atoms with Crippen LogP contribution in [0.1, 0.15) is 39.3 Å². The fourth-order valence-corrected chi connectivity index (χ4v) is 4.97. The van der Waals surface area contributed by atoms with Gasteiger partial charge in [-0.05, 0) is 66.6 Å². The van der Waals surface area contributed by atoms with Crippen LogP contribution >= 0.6 is 11.3 Å². The molecule has 4 aromatic rings. The van der Waals surface area contributed by atoms with Crippen molar-refractivity contribution in [2.75, 3.05) is 17.3 Å². The first kappa shape index (κ1) is 24.4. The topological polar surface area (TPSA) is 104 Å². The van der Waals surface area contributed by atoms with E-state index < -0.39 is 17.7 Å². The number of amides is 1. The minimum Gasteiger partial charge on any atom is -0.383 e. The Balaban J connectivity index is 1.27. The van der Waals surface area contributed by atoms with E-state index >= 15 is 0 Å². The predicted molar refractivity (Wildman–Crippen MR) is 143 cm³/mol. The molecular formula is C27H24F2N6OS. The lowest BCUT2D eigenvalue weighted by molar-refractivity contribution is 0.0940. The van der Waals surface area contributed by atoms with Crippen LogP contribution in [0.3, 0.4) is 0 Å². The number of carbonyl (C=O) groups is 1. The highest BCUT2D eigenvalue weighted by Gasteiger charge is 2.17. The fourth-order valence-electron chi connectivity index (χ4n) is 4.03. The number of aromatic nitrogens is 1. The van der Waals surface area contributed by atoms with E-state index in [1.165, 1.54) is 6.07 Å². The van der Waals surface area contributed by atoms with Gasteiger partial charge >= 0.3 is 0 Å². The number of pyridine rings is 1. The van der Waals surface area contributed by atoms with Crippen LogP contribution < -0.4 is 21.7 Å². The fraction of sp³-hybridized carbons (Fsp3) is 0.148. The Morgan fingerprint density at radius 3 is 2.84 bits per heavy atom. The number of nitrogens with zero attached hydrogens (tertiary/aromatic N) is 2. The zero-order chi connectivity index (χ0) is 25.9. The molecule has 5 N–H and O–H groups in total. The number of carbonyl (C=O) groups excluding carboxylic acids is 1. The van der Waals surface area contributed by atoms with Crippen LogP contribution in [0.25, 0.3) is 10.4 Å². The molecule has 7 nitrogen and oxygen atoms in total. The highest BCUT2D eigenvalue weighted by molar-refractivity contribution is 7.15. The maximum Gasteiger partial charge on any atom is 0.255 e. The van der Waals surface area contributed by atoms with Crippen LogP contribution in [0.5, 0.6) is 0 Å². The number of hydrogen-bond acceptors (Lipinski definition) is 7. The SMILES string of the molecule is CC(NC(=O)c1cccnc1NCc1ccc(-c2ccc3c(c2)C(N)=NCN3)s1)c1ccc(F)c(F)c1. The van der Waals surface area contributed by atoms with Crippen LogP contribution in [-0.4, -0.2) is 23.4 Å². The Morgan fingerprint density at radius 2 is 2.00 bits per heavy atom. The smallest absolute Gasteiger partial charge is 0.255 e. The summed E-state index contributed by atoms with van der Waals surface area (Å²) >= 11 is 1.62. The highest BCUT2D eigenvalue weighted by Crippen LogP contribution is 2.32. The first-order valence-electron chi connectivity index (χ1n) is 11.6. The number of amidine groups is 1. The average Bonchev–Trinajstić information content (AvgIpc) is 3.38. The summed E-state index contributed by atoms with van der Waals surface area (Å²) in [6.45, 7) is 2.65. The van der Waals surface area contributed by atoms with Crippen molar-refractivity contribution < 1.29 is 13.6 Å². The van der Waals surface area contributed by atoms with Crippen LogP contribution in [0.15, 0.2) is 71.9 Å². The van der Waals surface area contributed by atoms with Crippen LogP contribution in [0.4, 0.5) is 20.3 Å². The van der Waals surface area contributed by atoms with Crippen LogP contribution in [-0.2, 0) is 6.54 Å². The number of hydrogen-bond donors (Lipinski definition) is 4. The molecule has 2 aromatic heterocycles. The number of nitrogens with one attached hydrogen (secondary N) is 3. The van der Waals surface area contributed by atoms with E-state index in [1.807, 2.05) is 30.3 Å². The van der Waals surface area contributed by atoms with Crippen molar-refractivity contribution in [2.45, 2.75) is 19.5 Å². The zero-order valence-electron chi connectivity index (χ0n) is 19.9. The highest BCUT2D eigenvalue weighted by atomic mass is 32.1. The Bertz CT molecular complexity index is 1500. The number of thiophene rings is 1. The molecule has 1 unspecified atom stereocenters. The maximum atomic E-state index is 13.6. The van der Waals surface area contributed by atoms with E-state index in [0.717, 1.165) is 38.7 Å². The van der Waals surface area contributed by atoms with Gasteiger partial charge in [0.15, 0.2) is 11.6 Å². The van der Waals surface area contributed by atoms with Crippen molar-refractivity contribution in [2.24, 2.45) is 10.7 Å². The molecule has 5 rings (SSSR count). The number of aliphatic imine (C=N–C) groups is 1. The molecule has 2 aromatic carbocycles. The molecule has 1 aliphatic rings. The molecule has 0 saturated carbocycles. The molecule has 1 atom stereocenters. The lowest BCUT2D eigenvalue weighted by Gasteiger charge is -2.16. The summed E-state index contributed by atoms with van der Waals surface area (Å²) in [6.07, 6.45) is 1.60. The Morgan fingerprint density at radius 1 is 1.14 bits per heavy atom. The third-order valence-corrected chi connectivity index (χ3v) is 7.17. The lowest BCUT2D eigenvalue weighted by Crippen LogP contribution is -2.27. The third kappa shape index (κ3) is 5.29. The molecule has 0 aliphatic carbocycles. The van der Waals surface area contributed by atoms with Gasteiger partial charge in [-0.1, -0.05) is 12.1 Å². The summed E-state index contributed by atoms with van der Waals surface area (Å²) in [5, 5.41) is 9.27. The van der Waals surface area contributed by atoms with Gasteiger partial charge in [0.25, 0.3) is 5.91 Å². The molecule has 0 saturated heterocycles. The second-order valence-corrected chi connectivity index (χ2v) is 9.69. The van der Waals surface area contributed by atoms with Gasteiger partial charge in [-0.2, -0.15) is 0 Å². The molecule has 10 heteroatoms. The largest absolute Gasteiger partial charge is 0.383 e. The zero-order valence-corrected chi connectivity index (χ0v) is 20.7. The van der Waals surface area contributed by atoms with Gasteiger partial charge in [-0.25, -0.2) is 18.8 Å². The normalized spacial score (nSPS) is 13.2. The number of halogens is 2. The molecule has 0 radical (unpaired) electrons. The molecule has 0 spiro atoms. The van der Waals surface area contributed by atoms with Gasteiger partial charge in [0.05, 0.1) is 18.2 Å². The molecule has 3 heterocycles. The maximum absolute atomic E-state index is 13.6. The third-order valence-electron chi connectivity index (χ3n) is 6.03. The van der Waals surface area contributed by atoms with Gasteiger partial charge in [0, 0.05) is 27.2 Å². The van der Waals surface area contributed by atoms with E-state index in [9.17, 15) is 13.6 Å². The summed E-state index contributed by atoms with van der Waals surface area (Å²) in [7, 11) is 0.